The van der Waals surface area contributed by atoms with E-state index in [1.165, 1.54) is 5.56 Å². The molecule has 2 rings (SSSR count). The van der Waals surface area contributed by atoms with Crippen molar-refractivity contribution in [2.75, 3.05) is 0 Å². The molecule has 0 aliphatic heterocycles. The second kappa shape index (κ2) is 4.86. The SMILES string of the molecule is CCc1c(C)nn(-c2cccc(C(N)=S)n2)c1C. The maximum atomic E-state index is 5.60. The normalized spacial score (nSPS) is 10.6. The van der Waals surface area contributed by atoms with Crippen LogP contribution in [0.3, 0.4) is 0 Å². The highest BCUT2D eigenvalue weighted by Crippen LogP contribution is 2.17. The molecule has 0 aromatic carbocycles. The molecule has 0 fully saturated rings. The summed E-state index contributed by atoms with van der Waals surface area (Å²) in [5.41, 5.74) is 9.63. The number of aryl methyl sites for hydroxylation is 1. The molecular formula is C13H16N4S. The first-order valence-electron chi connectivity index (χ1n) is 5.87. The average molecular weight is 260 g/mol. The van der Waals surface area contributed by atoms with E-state index < -0.39 is 0 Å². The Hall–Kier alpha value is -1.75. The monoisotopic (exact) mass is 260 g/mol. The average Bonchev–Trinajstić information content (AvgIpc) is 2.64. The van der Waals surface area contributed by atoms with Gasteiger partial charge in [-0.15, -0.1) is 0 Å². The van der Waals surface area contributed by atoms with Gasteiger partial charge in [0.1, 0.15) is 4.99 Å². The molecule has 18 heavy (non-hydrogen) atoms. The van der Waals surface area contributed by atoms with Crippen LogP contribution in [0.2, 0.25) is 0 Å². The van der Waals surface area contributed by atoms with Crippen LogP contribution in [0, 0.1) is 13.8 Å². The molecule has 2 aromatic heterocycles. The van der Waals surface area contributed by atoms with Crippen LogP contribution < -0.4 is 5.73 Å². The van der Waals surface area contributed by atoms with Gasteiger partial charge in [0.15, 0.2) is 5.82 Å². The number of aromatic nitrogens is 3. The fourth-order valence-corrected chi connectivity index (χ4v) is 2.20. The fourth-order valence-electron chi connectivity index (χ4n) is 2.09. The van der Waals surface area contributed by atoms with Crippen molar-refractivity contribution in [2.45, 2.75) is 27.2 Å². The van der Waals surface area contributed by atoms with Crippen LogP contribution in [0.1, 0.15) is 29.6 Å². The van der Waals surface area contributed by atoms with E-state index in [1.54, 1.807) is 6.07 Å². The number of nitrogens with two attached hydrogens (primary N) is 1. The van der Waals surface area contributed by atoms with E-state index in [4.69, 9.17) is 18.0 Å². The van der Waals surface area contributed by atoms with Gasteiger partial charge in [0, 0.05) is 5.69 Å². The zero-order valence-electron chi connectivity index (χ0n) is 10.8. The molecule has 0 atom stereocenters. The molecule has 0 spiro atoms. The lowest BCUT2D eigenvalue weighted by Crippen LogP contribution is -2.13. The van der Waals surface area contributed by atoms with E-state index in [0.717, 1.165) is 23.6 Å². The Bertz CT molecular complexity index is 601. The second-order valence-electron chi connectivity index (χ2n) is 4.16. The summed E-state index contributed by atoms with van der Waals surface area (Å²) in [6, 6.07) is 5.60. The third kappa shape index (κ3) is 2.13. The van der Waals surface area contributed by atoms with Crippen molar-refractivity contribution in [1.29, 1.82) is 0 Å². The zero-order valence-corrected chi connectivity index (χ0v) is 11.6. The van der Waals surface area contributed by atoms with E-state index >= 15 is 0 Å². The van der Waals surface area contributed by atoms with Gasteiger partial charge in [-0.1, -0.05) is 25.2 Å². The molecule has 4 nitrogen and oxygen atoms in total. The van der Waals surface area contributed by atoms with E-state index in [-0.39, 0.29) is 0 Å². The van der Waals surface area contributed by atoms with Crippen LogP contribution in [0.4, 0.5) is 0 Å². The highest BCUT2D eigenvalue weighted by Gasteiger charge is 2.12. The first-order chi connectivity index (χ1) is 8.54. The van der Waals surface area contributed by atoms with Crippen LogP contribution in [0.25, 0.3) is 5.82 Å². The number of nitrogens with zero attached hydrogens (tertiary/aromatic N) is 3. The summed E-state index contributed by atoms with van der Waals surface area (Å²) in [6.07, 6.45) is 0.965. The zero-order chi connectivity index (χ0) is 13.3. The molecule has 0 bridgehead atoms. The number of rotatable bonds is 3. The molecule has 0 aliphatic carbocycles. The summed E-state index contributed by atoms with van der Waals surface area (Å²) >= 11 is 4.94. The summed E-state index contributed by atoms with van der Waals surface area (Å²) in [5.74, 6) is 0.751. The molecule has 2 heterocycles. The lowest BCUT2D eigenvalue weighted by molar-refractivity contribution is 0.804. The van der Waals surface area contributed by atoms with Crippen molar-refractivity contribution in [3.8, 4) is 5.82 Å². The predicted molar refractivity (Wildman–Crippen MR) is 76.1 cm³/mol. The van der Waals surface area contributed by atoms with Crippen molar-refractivity contribution in [3.63, 3.8) is 0 Å². The number of hydrogen-bond donors (Lipinski definition) is 1. The maximum Gasteiger partial charge on any atom is 0.154 e. The summed E-state index contributed by atoms with van der Waals surface area (Å²) in [7, 11) is 0. The Balaban J connectivity index is 2.55. The van der Waals surface area contributed by atoms with Crippen molar-refractivity contribution < 1.29 is 0 Å². The molecule has 0 saturated heterocycles. The lowest BCUT2D eigenvalue weighted by atomic mass is 10.1. The Labute approximate surface area is 112 Å². The molecule has 0 amide bonds. The Kier molecular flexibility index (Phi) is 3.43. The molecular weight excluding hydrogens is 244 g/mol. The summed E-state index contributed by atoms with van der Waals surface area (Å²) in [5, 5.41) is 4.52. The third-order valence-electron chi connectivity index (χ3n) is 3.00. The van der Waals surface area contributed by atoms with Gasteiger partial charge in [0.05, 0.1) is 11.4 Å². The van der Waals surface area contributed by atoms with Crippen molar-refractivity contribution in [2.24, 2.45) is 5.73 Å². The van der Waals surface area contributed by atoms with Gasteiger partial charge in [-0.25, -0.2) is 9.67 Å². The van der Waals surface area contributed by atoms with Gasteiger partial charge < -0.3 is 5.73 Å². The van der Waals surface area contributed by atoms with Crippen molar-refractivity contribution >= 4 is 17.2 Å². The highest BCUT2D eigenvalue weighted by atomic mass is 32.1. The largest absolute Gasteiger partial charge is 0.388 e. The minimum absolute atomic E-state index is 0.300. The molecule has 94 valence electrons. The van der Waals surface area contributed by atoms with Crippen LogP contribution in [-0.2, 0) is 6.42 Å². The second-order valence-corrected chi connectivity index (χ2v) is 4.60. The van der Waals surface area contributed by atoms with E-state index in [0.29, 0.717) is 10.7 Å². The summed E-state index contributed by atoms with van der Waals surface area (Å²) < 4.78 is 1.84. The van der Waals surface area contributed by atoms with Gasteiger partial charge in [-0.2, -0.15) is 5.10 Å². The molecule has 0 radical (unpaired) electrons. The van der Waals surface area contributed by atoms with E-state index in [2.05, 4.69) is 17.0 Å². The molecule has 2 N–H and O–H groups in total. The highest BCUT2D eigenvalue weighted by molar-refractivity contribution is 7.80. The van der Waals surface area contributed by atoms with Crippen LogP contribution in [0.5, 0.6) is 0 Å². The number of thiocarbonyl (C=S) groups is 1. The molecule has 5 heteroatoms. The summed E-state index contributed by atoms with van der Waals surface area (Å²) in [6.45, 7) is 6.19. The summed E-state index contributed by atoms with van der Waals surface area (Å²) in [4.78, 5) is 4.73. The molecule has 0 unspecified atom stereocenters. The van der Waals surface area contributed by atoms with Gasteiger partial charge in [0.2, 0.25) is 0 Å². The maximum absolute atomic E-state index is 5.60. The third-order valence-corrected chi connectivity index (χ3v) is 3.21. The fraction of sp³-hybridized carbons (Fsp3) is 0.308. The smallest absolute Gasteiger partial charge is 0.154 e. The first-order valence-corrected chi connectivity index (χ1v) is 6.27. The van der Waals surface area contributed by atoms with Gasteiger partial charge in [0.25, 0.3) is 0 Å². The predicted octanol–water partition coefficient (Wildman–Crippen LogP) is 2.08. The topological polar surface area (TPSA) is 56.7 Å². The van der Waals surface area contributed by atoms with Crippen LogP contribution in [0.15, 0.2) is 18.2 Å². The van der Waals surface area contributed by atoms with E-state index in [1.807, 2.05) is 30.7 Å². The van der Waals surface area contributed by atoms with Crippen LogP contribution >= 0.6 is 12.2 Å². The minimum Gasteiger partial charge on any atom is -0.388 e. The molecule has 2 aromatic rings. The lowest BCUT2D eigenvalue weighted by Gasteiger charge is -2.05. The van der Waals surface area contributed by atoms with Gasteiger partial charge >= 0.3 is 0 Å². The Morgan fingerprint density at radius 1 is 1.39 bits per heavy atom. The first kappa shape index (κ1) is 12.7. The minimum atomic E-state index is 0.300. The van der Waals surface area contributed by atoms with Crippen LogP contribution in [-0.4, -0.2) is 19.8 Å². The van der Waals surface area contributed by atoms with E-state index in [9.17, 15) is 0 Å². The standard InChI is InChI=1S/C13H16N4S/c1-4-10-8(2)16-17(9(10)3)12-7-5-6-11(15-12)13(14)18/h5-7H,4H2,1-3H3,(H2,14,18). The van der Waals surface area contributed by atoms with Gasteiger partial charge in [-0.05, 0) is 38.0 Å². The van der Waals surface area contributed by atoms with Gasteiger partial charge in [-0.3, -0.25) is 0 Å². The van der Waals surface area contributed by atoms with Crippen molar-refractivity contribution in [3.05, 3.63) is 40.8 Å². The Morgan fingerprint density at radius 3 is 2.67 bits per heavy atom. The molecule has 0 aliphatic rings. The Morgan fingerprint density at radius 2 is 2.11 bits per heavy atom. The quantitative estimate of drug-likeness (QED) is 0.858. The number of pyridine rings is 1. The van der Waals surface area contributed by atoms with Crippen molar-refractivity contribution in [1.82, 2.24) is 14.8 Å². The molecule has 0 saturated carbocycles. The number of hydrogen-bond acceptors (Lipinski definition) is 3.